The van der Waals surface area contributed by atoms with Crippen LogP contribution in [0.25, 0.3) is 11.8 Å². The highest BCUT2D eigenvalue weighted by Gasteiger charge is 2.26. The third kappa shape index (κ3) is 9.14. The van der Waals surface area contributed by atoms with Crippen LogP contribution in [0.1, 0.15) is 71.8 Å². The van der Waals surface area contributed by atoms with Crippen LogP contribution in [0.3, 0.4) is 0 Å². The first-order valence-corrected chi connectivity index (χ1v) is 13.6. The van der Waals surface area contributed by atoms with E-state index in [1.807, 2.05) is 43.3 Å². The summed E-state index contributed by atoms with van der Waals surface area (Å²) in [6.07, 6.45) is 10.4. The van der Waals surface area contributed by atoms with Crippen molar-refractivity contribution in [3.8, 4) is 0 Å². The number of carbonyl (C=O) groups excluding carboxylic acids is 3. The van der Waals surface area contributed by atoms with Gasteiger partial charge in [0.05, 0.1) is 11.0 Å². The predicted octanol–water partition coefficient (Wildman–Crippen LogP) is 2.98. The summed E-state index contributed by atoms with van der Waals surface area (Å²) in [5.41, 5.74) is 9.24. The summed E-state index contributed by atoms with van der Waals surface area (Å²) in [6, 6.07) is 11.1. The number of amides is 3. The quantitative estimate of drug-likeness (QED) is 0.204. The fourth-order valence-corrected chi connectivity index (χ4v) is 5.09. The zero-order chi connectivity index (χ0) is 29.3. The van der Waals surface area contributed by atoms with Crippen molar-refractivity contribution in [3.63, 3.8) is 0 Å². The molecule has 0 radical (unpaired) electrons. The maximum absolute atomic E-state index is 13.0. The Hall–Kier alpha value is -3.82. The van der Waals surface area contributed by atoms with Crippen molar-refractivity contribution in [1.82, 2.24) is 15.8 Å². The number of aromatic nitrogens is 1. The lowest BCUT2D eigenvalue weighted by molar-refractivity contribution is -0.130. The van der Waals surface area contributed by atoms with Gasteiger partial charge in [0.1, 0.15) is 0 Å². The summed E-state index contributed by atoms with van der Waals surface area (Å²) in [6.45, 7) is 7.90. The molecule has 2 aromatic rings. The van der Waals surface area contributed by atoms with Crippen LogP contribution in [0.15, 0.2) is 54.7 Å². The fraction of sp³-hybridized carbons (Fsp3) is 0.419. The molecule has 0 bridgehead atoms. The Morgan fingerprint density at radius 1 is 1.05 bits per heavy atom. The smallest absolute Gasteiger partial charge is 0.243 e. The number of rotatable bonds is 12. The van der Waals surface area contributed by atoms with Crippen molar-refractivity contribution in [2.75, 3.05) is 5.32 Å². The molecule has 3 rings (SSSR count). The highest BCUT2D eigenvalue weighted by molar-refractivity contribution is 5.90. The Labute approximate surface area is 235 Å². The SMILES string of the molecule is CC(CC(=O)NO)CC(C)(C)CCC(=O)Nc1ccc(C(C)(N)CC(=O)NC2=c3ncccc3=CCC=C2)cc1. The van der Waals surface area contributed by atoms with Gasteiger partial charge in [0.25, 0.3) is 0 Å². The van der Waals surface area contributed by atoms with E-state index < -0.39 is 11.4 Å². The van der Waals surface area contributed by atoms with Crippen LogP contribution in [0, 0.1) is 11.3 Å². The molecule has 0 spiro atoms. The van der Waals surface area contributed by atoms with Gasteiger partial charge in [0.2, 0.25) is 17.7 Å². The average Bonchev–Trinajstić information content (AvgIpc) is 3.09. The summed E-state index contributed by atoms with van der Waals surface area (Å²) < 4.78 is 0. The van der Waals surface area contributed by atoms with E-state index in [2.05, 4.69) is 35.5 Å². The van der Waals surface area contributed by atoms with Crippen molar-refractivity contribution in [2.24, 2.45) is 17.1 Å². The number of nitrogens with one attached hydrogen (secondary N) is 3. The molecule has 1 aliphatic rings. The van der Waals surface area contributed by atoms with E-state index >= 15 is 0 Å². The Kier molecular flexibility index (Phi) is 10.4. The molecule has 1 aromatic heterocycles. The van der Waals surface area contributed by atoms with Crippen LogP contribution in [0.4, 0.5) is 5.69 Å². The van der Waals surface area contributed by atoms with Crippen LogP contribution in [-0.2, 0) is 19.9 Å². The van der Waals surface area contributed by atoms with Crippen molar-refractivity contribution < 1.29 is 19.6 Å². The third-order valence-corrected chi connectivity index (χ3v) is 7.07. The largest absolute Gasteiger partial charge is 0.326 e. The monoisotopic (exact) mass is 547 g/mol. The van der Waals surface area contributed by atoms with Gasteiger partial charge in [-0.2, -0.15) is 0 Å². The summed E-state index contributed by atoms with van der Waals surface area (Å²) in [5.74, 6) is -0.639. The van der Waals surface area contributed by atoms with Crippen molar-refractivity contribution >= 4 is 35.2 Å². The van der Waals surface area contributed by atoms with Crippen LogP contribution in [0.5, 0.6) is 0 Å². The second kappa shape index (κ2) is 13.5. The lowest BCUT2D eigenvalue weighted by Crippen LogP contribution is -2.41. The molecule has 9 heteroatoms. The topological polar surface area (TPSA) is 146 Å². The molecule has 40 heavy (non-hydrogen) atoms. The van der Waals surface area contributed by atoms with Gasteiger partial charge in [-0.3, -0.25) is 24.6 Å². The second-order valence-electron chi connectivity index (χ2n) is 11.7. The molecule has 2 atom stereocenters. The number of hydrogen-bond acceptors (Lipinski definition) is 6. The Morgan fingerprint density at radius 3 is 2.48 bits per heavy atom. The summed E-state index contributed by atoms with van der Waals surface area (Å²) in [7, 11) is 0. The molecular formula is C31H41N5O4. The van der Waals surface area contributed by atoms with Crippen LogP contribution >= 0.6 is 0 Å². The van der Waals surface area contributed by atoms with Crippen LogP contribution in [-0.4, -0.2) is 27.9 Å². The van der Waals surface area contributed by atoms with Gasteiger partial charge in [-0.1, -0.05) is 51.1 Å². The van der Waals surface area contributed by atoms with E-state index in [1.165, 1.54) is 0 Å². The van der Waals surface area contributed by atoms with Crippen molar-refractivity contribution in [2.45, 2.75) is 71.8 Å². The molecular weight excluding hydrogens is 506 g/mol. The summed E-state index contributed by atoms with van der Waals surface area (Å²) in [4.78, 5) is 41.4. The molecule has 9 nitrogen and oxygen atoms in total. The van der Waals surface area contributed by atoms with E-state index in [0.29, 0.717) is 24.2 Å². The minimum Gasteiger partial charge on any atom is -0.326 e. The number of benzene rings is 1. The van der Waals surface area contributed by atoms with E-state index in [0.717, 1.165) is 29.0 Å². The van der Waals surface area contributed by atoms with Gasteiger partial charge >= 0.3 is 0 Å². The van der Waals surface area contributed by atoms with E-state index in [9.17, 15) is 14.4 Å². The van der Waals surface area contributed by atoms with E-state index in [4.69, 9.17) is 10.9 Å². The first-order chi connectivity index (χ1) is 18.9. The first-order valence-electron chi connectivity index (χ1n) is 13.6. The number of fused-ring (bicyclic) bond motifs is 1. The van der Waals surface area contributed by atoms with Crippen LogP contribution in [0.2, 0.25) is 0 Å². The number of nitrogens with two attached hydrogens (primary N) is 1. The minimum absolute atomic E-state index is 0.0649. The maximum atomic E-state index is 13.0. The van der Waals surface area contributed by atoms with Gasteiger partial charge in [-0.25, -0.2) is 5.48 Å². The zero-order valence-electron chi connectivity index (χ0n) is 23.8. The lowest BCUT2D eigenvalue weighted by Gasteiger charge is -2.27. The van der Waals surface area contributed by atoms with Gasteiger partial charge in [0.15, 0.2) is 0 Å². The molecule has 6 N–H and O–H groups in total. The fourth-order valence-electron chi connectivity index (χ4n) is 5.09. The molecule has 1 aromatic carbocycles. The predicted molar refractivity (Wildman–Crippen MR) is 156 cm³/mol. The summed E-state index contributed by atoms with van der Waals surface area (Å²) >= 11 is 0. The van der Waals surface area contributed by atoms with Crippen molar-refractivity contribution in [1.29, 1.82) is 0 Å². The Balaban J connectivity index is 1.54. The molecule has 0 fully saturated rings. The Bertz CT molecular complexity index is 1360. The number of nitrogens with zero attached hydrogens (tertiary/aromatic N) is 1. The minimum atomic E-state index is -0.922. The highest BCUT2D eigenvalue weighted by atomic mass is 16.5. The molecule has 2 unspecified atom stereocenters. The number of allylic oxidation sites excluding steroid dienone is 1. The van der Waals surface area contributed by atoms with E-state index in [-0.39, 0.29) is 36.0 Å². The van der Waals surface area contributed by atoms with Gasteiger partial charge in [-0.05, 0) is 72.6 Å². The van der Waals surface area contributed by atoms with Gasteiger partial charge in [0, 0.05) is 36.7 Å². The highest BCUT2D eigenvalue weighted by Crippen LogP contribution is 2.32. The third-order valence-electron chi connectivity index (χ3n) is 7.07. The standard InChI is InChI=1S/C31H41N5O4/c1-21(18-27(38)36-40)19-30(2,3)16-15-26(37)34-24-13-11-23(12-14-24)31(4,32)20-28(39)35-25-10-6-5-8-22-9-7-17-33-29(22)25/h6-14,17,21,40H,5,15-16,18-20,32H2,1-4H3,(H,34,37)(H,35,39)(H,36,38). The summed E-state index contributed by atoms with van der Waals surface area (Å²) in [5, 5.41) is 16.3. The normalized spacial score (nSPS) is 15.1. The molecule has 0 saturated heterocycles. The molecule has 0 saturated carbocycles. The van der Waals surface area contributed by atoms with Crippen LogP contribution < -0.4 is 32.4 Å². The molecule has 1 aliphatic carbocycles. The zero-order valence-corrected chi connectivity index (χ0v) is 23.8. The maximum Gasteiger partial charge on any atom is 0.243 e. The second-order valence-corrected chi connectivity index (χ2v) is 11.7. The molecule has 3 amide bonds. The van der Waals surface area contributed by atoms with E-state index in [1.54, 1.807) is 30.7 Å². The molecule has 214 valence electrons. The number of pyridine rings is 1. The molecule has 1 heterocycles. The lowest BCUT2D eigenvalue weighted by atomic mass is 9.78. The first kappa shape index (κ1) is 30.7. The number of carbonyl (C=O) groups is 3. The number of hydroxylamine groups is 1. The Morgan fingerprint density at radius 2 is 1.77 bits per heavy atom. The number of hydrogen-bond donors (Lipinski definition) is 5. The van der Waals surface area contributed by atoms with Gasteiger partial charge < -0.3 is 16.4 Å². The average molecular weight is 548 g/mol. The van der Waals surface area contributed by atoms with Gasteiger partial charge in [-0.15, -0.1) is 0 Å². The van der Waals surface area contributed by atoms with Crippen molar-refractivity contribution in [3.05, 3.63) is 70.9 Å². The number of anilines is 1. The molecule has 0 aliphatic heterocycles.